The van der Waals surface area contributed by atoms with Gasteiger partial charge < -0.3 is 0 Å². The third-order valence-electron chi connectivity index (χ3n) is 7.16. The van der Waals surface area contributed by atoms with Crippen molar-refractivity contribution < 1.29 is 32.6 Å². The van der Waals surface area contributed by atoms with Gasteiger partial charge in [-0.15, -0.1) is 0 Å². The van der Waals surface area contributed by atoms with Gasteiger partial charge in [-0.25, -0.2) is 5.48 Å². The van der Waals surface area contributed by atoms with E-state index >= 15 is 0 Å². The minimum Gasteiger partial charge on any atom is -0.295 e. The smallest absolute Gasteiger partial charge is 0.294 e. The number of hydroxylamine groups is 1. The van der Waals surface area contributed by atoms with E-state index in [0.29, 0.717) is 13.0 Å². The van der Waals surface area contributed by atoms with Crippen LogP contribution in [-0.2, 0) is 24.5 Å². The fraction of sp³-hybridized carbons (Fsp3) is 0.500. The second kappa shape index (κ2) is 20.5. The van der Waals surface area contributed by atoms with Crippen LogP contribution in [0.4, 0.5) is 0 Å². The molecule has 11 nitrogen and oxygen atoms in total. The van der Waals surface area contributed by atoms with Crippen LogP contribution in [0.25, 0.3) is 6.08 Å². The summed E-state index contributed by atoms with van der Waals surface area (Å²) in [7, 11) is -4.02. The highest BCUT2D eigenvalue weighted by atomic mass is 32.2. The number of hydrogen-bond donors (Lipinski definition) is 4. The first kappa shape index (κ1) is 40.4. The Balaban J connectivity index is 0.000000804. The number of allylic oxidation sites excluding steroid dienone is 1. The van der Waals surface area contributed by atoms with Gasteiger partial charge in [0, 0.05) is 6.54 Å². The Kier molecular flexibility index (Phi) is 18.0. The number of hydrazine groups is 1. The third-order valence-corrected chi connectivity index (χ3v) is 8.03. The first-order valence-electron chi connectivity index (χ1n) is 15.7. The molecule has 0 aliphatic heterocycles. The number of nitrogens with one attached hydrogen (secondary N) is 2. The predicted molar refractivity (Wildman–Crippen MR) is 180 cm³/mol. The fourth-order valence-corrected chi connectivity index (χ4v) is 5.12. The van der Waals surface area contributed by atoms with Crippen LogP contribution in [0, 0.1) is 30.6 Å². The zero-order valence-electron chi connectivity index (χ0n) is 28.1. The van der Waals surface area contributed by atoms with Crippen molar-refractivity contribution in [1.29, 1.82) is 0 Å². The molecule has 0 saturated carbocycles. The molecule has 0 unspecified atom stereocenters. The summed E-state index contributed by atoms with van der Waals surface area (Å²) in [6, 6.07) is 15.6. The summed E-state index contributed by atoms with van der Waals surface area (Å²) in [5.41, 5.74) is 6.47. The van der Waals surface area contributed by atoms with Gasteiger partial charge in [-0.2, -0.15) is 8.42 Å². The molecule has 12 heteroatoms. The van der Waals surface area contributed by atoms with E-state index in [1.54, 1.807) is 17.6 Å². The molecule has 2 rings (SSSR count). The molecule has 3 amide bonds. The number of hydrogen-bond acceptors (Lipinski definition) is 7. The van der Waals surface area contributed by atoms with Crippen molar-refractivity contribution in [3.63, 3.8) is 0 Å². The van der Waals surface area contributed by atoms with Gasteiger partial charge in [0.1, 0.15) is 0 Å². The Morgan fingerprint density at radius 1 is 0.870 bits per heavy atom. The lowest BCUT2D eigenvalue weighted by atomic mass is 9.82. The summed E-state index contributed by atoms with van der Waals surface area (Å²) in [5, 5.41) is 10.8. The van der Waals surface area contributed by atoms with Gasteiger partial charge in [-0.05, 0) is 62.4 Å². The lowest BCUT2D eigenvalue weighted by Crippen LogP contribution is -2.54. The number of benzene rings is 2. The van der Waals surface area contributed by atoms with Crippen molar-refractivity contribution in [3.8, 4) is 0 Å². The average molecular weight is 661 g/mol. The zero-order valence-corrected chi connectivity index (χ0v) is 29.0. The minimum absolute atomic E-state index is 0.0666. The SMILES string of the molecule is CCN(CC)CC(=O)N(CC(C)C)NC(=O)[C@H](CC(C)C)[C@H](CC=Cc1ccccc1)C(=O)NO.Cc1ccc(S(=O)(=O)O)cc1. The van der Waals surface area contributed by atoms with E-state index in [-0.39, 0.29) is 35.6 Å². The molecule has 2 atom stereocenters. The molecule has 0 aliphatic carbocycles. The van der Waals surface area contributed by atoms with Crippen molar-refractivity contribution in [2.24, 2.45) is 23.7 Å². The van der Waals surface area contributed by atoms with Gasteiger partial charge in [0.2, 0.25) is 11.8 Å². The highest BCUT2D eigenvalue weighted by molar-refractivity contribution is 7.85. The summed E-state index contributed by atoms with van der Waals surface area (Å²) in [6.45, 7) is 15.8. The zero-order chi connectivity index (χ0) is 34.9. The van der Waals surface area contributed by atoms with E-state index in [1.165, 1.54) is 17.1 Å². The summed E-state index contributed by atoms with van der Waals surface area (Å²) < 4.78 is 29.6. The molecule has 0 spiro atoms. The number of carbonyl (C=O) groups excluding carboxylic acids is 3. The first-order chi connectivity index (χ1) is 21.6. The van der Waals surface area contributed by atoms with Crippen molar-refractivity contribution in [2.75, 3.05) is 26.2 Å². The monoisotopic (exact) mass is 660 g/mol. The topological polar surface area (TPSA) is 156 Å². The van der Waals surface area contributed by atoms with Crippen LogP contribution in [0.15, 0.2) is 65.6 Å². The molecule has 0 aliphatic rings. The van der Waals surface area contributed by atoms with E-state index in [2.05, 4.69) is 5.43 Å². The van der Waals surface area contributed by atoms with Gasteiger partial charge in [-0.3, -0.25) is 39.5 Å². The van der Waals surface area contributed by atoms with Crippen molar-refractivity contribution >= 4 is 33.9 Å². The van der Waals surface area contributed by atoms with E-state index in [4.69, 9.17) is 4.55 Å². The number of nitrogens with zero attached hydrogens (tertiary/aromatic N) is 2. The third kappa shape index (κ3) is 15.1. The molecule has 0 radical (unpaired) electrons. The summed E-state index contributed by atoms with van der Waals surface area (Å²) >= 11 is 0. The second-order valence-corrected chi connectivity index (χ2v) is 13.4. The molecule has 4 N–H and O–H groups in total. The number of carbonyl (C=O) groups is 3. The predicted octanol–water partition coefficient (Wildman–Crippen LogP) is 4.97. The molecule has 46 heavy (non-hydrogen) atoms. The summed E-state index contributed by atoms with van der Waals surface area (Å²) in [6.07, 6.45) is 4.43. The van der Waals surface area contributed by atoms with E-state index < -0.39 is 33.8 Å². The maximum absolute atomic E-state index is 13.5. The molecule has 2 aromatic carbocycles. The Morgan fingerprint density at radius 3 is 1.93 bits per heavy atom. The van der Waals surface area contributed by atoms with Crippen molar-refractivity contribution in [3.05, 3.63) is 71.8 Å². The van der Waals surface area contributed by atoms with Crippen LogP contribution < -0.4 is 10.9 Å². The molecule has 0 saturated heterocycles. The molecule has 256 valence electrons. The van der Waals surface area contributed by atoms with Gasteiger partial charge in [-0.1, -0.05) is 102 Å². The first-order valence-corrected chi connectivity index (χ1v) is 17.1. The number of amides is 3. The van der Waals surface area contributed by atoms with Crippen LogP contribution in [0.2, 0.25) is 0 Å². The largest absolute Gasteiger partial charge is 0.295 e. The Labute approximate surface area is 274 Å². The molecule has 0 bridgehead atoms. The van der Waals surface area contributed by atoms with Gasteiger partial charge in [0.15, 0.2) is 0 Å². The van der Waals surface area contributed by atoms with Gasteiger partial charge >= 0.3 is 0 Å². The Morgan fingerprint density at radius 2 is 1.46 bits per heavy atom. The van der Waals surface area contributed by atoms with Crippen LogP contribution in [0.1, 0.15) is 65.5 Å². The summed E-state index contributed by atoms with van der Waals surface area (Å²) in [4.78, 5) is 41.1. The Bertz CT molecular complexity index is 1340. The van der Waals surface area contributed by atoms with Gasteiger partial charge in [0.05, 0.1) is 23.3 Å². The molecular weight excluding hydrogens is 608 g/mol. The molecule has 2 aromatic rings. The normalized spacial score (nSPS) is 12.9. The molecule has 0 fully saturated rings. The second-order valence-electron chi connectivity index (χ2n) is 12.0. The summed E-state index contributed by atoms with van der Waals surface area (Å²) in [5.74, 6) is -2.44. The van der Waals surface area contributed by atoms with Crippen molar-refractivity contribution in [1.82, 2.24) is 20.8 Å². The van der Waals surface area contributed by atoms with Crippen LogP contribution >= 0.6 is 0 Å². The number of aryl methyl sites for hydroxylation is 1. The maximum atomic E-state index is 13.5. The molecular formula is C34H52N4O7S. The minimum atomic E-state index is -4.02. The maximum Gasteiger partial charge on any atom is 0.294 e. The number of rotatable bonds is 15. The lowest BCUT2D eigenvalue weighted by Gasteiger charge is -2.31. The standard InChI is InChI=1S/C27H44N4O4.C7H8O3S/c1-7-30(8-2)19-25(32)31(18-21(5)6)28-26(33)24(17-20(3)4)23(27(34)29-35)16-12-15-22-13-10-9-11-14-22;1-6-2-4-7(5-3-6)11(8,9)10/h9-15,20-21,23-24,35H,7-8,16-19H2,1-6H3,(H,28,33)(H,29,34);2-5H,1H3,(H,8,9,10)/t23-,24+;/m0./s1. The lowest BCUT2D eigenvalue weighted by molar-refractivity contribution is -0.148. The average Bonchev–Trinajstić information content (AvgIpc) is 3.00. The van der Waals surface area contributed by atoms with Crippen molar-refractivity contribution in [2.45, 2.75) is 66.2 Å². The van der Waals surface area contributed by atoms with Crippen LogP contribution in [-0.4, -0.2) is 72.0 Å². The number of likely N-dealkylation sites (N-methyl/N-ethyl adjacent to an activating group) is 1. The van der Waals surface area contributed by atoms with Crippen LogP contribution in [0.3, 0.4) is 0 Å². The molecule has 0 aromatic heterocycles. The van der Waals surface area contributed by atoms with E-state index in [1.807, 2.05) is 95.8 Å². The van der Waals surface area contributed by atoms with E-state index in [9.17, 15) is 28.0 Å². The van der Waals surface area contributed by atoms with E-state index in [0.717, 1.165) is 24.2 Å². The van der Waals surface area contributed by atoms with Gasteiger partial charge in [0.25, 0.3) is 16.0 Å². The highest BCUT2D eigenvalue weighted by Gasteiger charge is 2.35. The molecule has 0 heterocycles. The fourth-order valence-electron chi connectivity index (χ4n) is 4.64. The quantitative estimate of drug-likeness (QED) is 0.119. The highest BCUT2D eigenvalue weighted by Crippen LogP contribution is 2.26. The van der Waals surface area contributed by atoms with Crippen LogP contribution in [0.5, 0.6) is 0 Å². The Hall–Kier alpha value is -3.58.